The molecule has 0 bridgehead atoms. The van der Waals surface area contributed by atoms with Gasteiger partial charge in [0.2, 0.25) is 5.89 Å². The zero-order valence-corrected chi connectivity index (χ0v) is 15.1. The Morgan fingerprint density at radius 1 is 0.833 bits per heavy atom. The number of rotatable bonds is 7. The molecule has 0 aliphatic heterocycles. The van der Waals surface area contributed by atoms with Crippen LogP contribution < -0.4 is 14.8 Å². The molecule has 0 amide bonds. The summed E-state index contributed by atoms with van der Waals surface area (Å²) in [6.07, 6.45) is -8.24. The largest absolute Gasteiger partial charge is 0.573 e. The van der Waals surface area contributed by atoms with Crippen molar-refractivity contribution in [2.45, 2.75) is 25.8 Å². The van der Waals surface area contributed by atoms with Crippen LogP contribution in [0.15, 0.2) is 59.2 Å². The summed E-state index contributed by atoms with van der Waals surface area (Å²) in [5, 5.41) is 2.93. The Morgan fingerprint density at radius 2 is 1.50 bits per heavy atom. The van der Waals surface area contributed by atoms with Crippen molar-refractivity contribution < 1.29 is 40.2 Å². The molecule has 11 heteroatoms. The van der Waals surface area contributed by atoms with Crippen LogP contribution in [0, 0.1) is 0 Å². The Kier molecular flexibility index (Phi) is 6.20. The van der Waals surface area contributed by atoms with E-state index in [9.17, 15) is 26.3 Å². The van der Waals surface area contributed by atoms with Crippen molar-refractivity contribution in [2.24, 2.45) is 0 Å². The molecule has 3 rings (SSSR count). The highest BCUT2D eigenvalue weighted by atomic mass is 19.4. The molecule has 0 saturated heterocycles. The third kappa shape index (κ3) is 6.41. The minimum absolute atomic E-state index is 0.0813. The lowest BCUT2D eigenvalue weighted by molar-refractivity contribution is -0.275. The first kappa shape index (κ1) is 21.5. The second kappa shape index (κ2) is 8.66. The molecule has 0 radical (unpaired) electrons. The monoisotopic (exact) mass is 432 g/mol. The summed E-state index contributed by atoms with van der Waals surface area (Å²) < 4.78 is 87.0. The summed E-state index contributed by atoms with van der Waals surface area (Å²) in [7, 11) is 0. The maximum Gasteiger partial charge on any atom is 0.573 e. The Bertz CT molecular complexity index is 967. The van der Waals surface area contributed by atoms with Gasteiger partial charge in [-0.15, -0.1) is 26.3 Å². The van der Waals surface area contributed by atoms with Crippen LogP contribution in [0.4, 0.5) is 26.3 Å². The van der Waals surface area contributed by atoms with Crippen molar-refractivity contribution in [1.82, 2.24) is 10.3 Å². The van der Waals surface area contributed by atoms with E-state index in [1.54, 1.807) is 6.07 Å². The predicted molar refractivity (Wildman–Crippen MR) is 92.3 cm³/mol. The van der Waals surface area contributed by atoms with E-state index in [1.807, 2.05) is 0 Å². The number of benzene rings is 2. The fourth-order valence-electron chi connectivity index (χ4n) is 2.52. The van der Waals surface area contributed by atoms with Crippen molar-refractivity contribution in [3.05, 3.63) is 66.1 Å². The van der Waals surface area contributed by atoms with E-state index in [4.69, 9.17) is 4.42 Å². The Hall–Kier alpha value is -3.21. The van der Waals surface area contributed by atoms with E-state index < -0.39 is 12.7 Å². The summed E-state index contributed by atoms with van der Waals surface area (Å²) in [5.74, 6) is -0.509. The predicted octanol–water partition coefficient (Wildman–Crippen LogP) is 5.43. The second-order valence-corrected chi connectivity index (χ2v) is 5.98. The number of para-hydroxylation sites is 1. The van der Waals surface area contributed by atoms with Crippen LogP contribution in [0.5, 0.6) is 11.5 Å². The Balaban J connectivity index is 1.58. The smallest absolute Gasteiger partial charge is 0.444 e. The molecule has 0 aliphatic carbocycles. The topological polar surface area (TPSA) is 56.5 Å². The molecule has 5 nitrogen and oxygen atoms in total. The molecule has 0 atom stereocenters. The highest BCUT2D eigenvalue weighted by Crippen LogP contribution is 2.27. The SMILES string of the molecule is FC(F)(F)Oc1ccc(-c2nc(CNCc3ccccc3OC(F)(F)F)co2)cc1. The van der Waals surface area contributed by atoms with Gasteiger partial charge in [0.1, 0.15) is 17.8 Å². The molecule has 30 heavy (non-hydrogen) atoms. The van der Waals surface area contributed by atoms with Gasteiger partial charge in [-0.3, -0.25) is 0 Å². The number of nitrogens with zero attached hydrogens (tertiary/aromatic N) is 1. The van der Waals surface area contributed by atoms with E-state index in [1.165, 1.54) is 36.6 Å². The first-order valence-corrected chi connectivity index (χ1v) is 8.44. The zero-order valence-electron chi connectivity index (χ0n) is 15.1. The number of ether oxygens (including phenoxy) is 2. The first-order valence-electron chi connectivity index (χ1n) is 8.44. The molecule has 1 heterocycles. The number of hydrogen-bond donors (Lipinski definition) is 1. The minimum atomic E-state index is -4.79. The van der Waals surface area contributed by atoms with Crippen LogP contribution in [0.1, 0.15) is 11.3 Å². The summed E-state index contributed by atoms with van der Waals surface area (Å²) in [6.45, 7) is 0.261. The average molecular weight is 432 g/mol. The molecule has 2 aromatic carbocycles. The fourth-order valence-corrected chi connectivity index (χ4v) is 2.52. The lowest BCUT2D eigenvalue weighted by Gasteiger charge is -2.13. The van der Waals surface area contributed by atoms with Crippen LogP contribution >= 0.6 is 0 Å². The minimum Gasteiger partial charge on any atom is -0.444 e. The summed E-state index contributed by atoms with van der Waals surface area (Å²) in [4.78, 5) is 4.19. The molecule has 1 aromatic heterocycles. The lowest BCUT2D eigenvalue weighted by Crippen LogP contribution is -2.20. The van der Waals surface area contributed by atoms with Gasteiger partial charge in [0.15, 0.2) is 0 Å². The van der Waals surface area contributed by atoms with Crippen molar-refractivity contribution in [1.29, 1.82) is 0 Å². The van der Waals surface area contributed by atoms with Gasteiger partial charge in [-0.25, -0.2) is 4.98 Å². The van der Waals surface area contributed by atoms with E-state index in [0.717, 1.165) is 12.1 Å². The fraction of sp³-hybridized carbons (Fsp3) is 0.211. The number of hydrogen-bond acceptors (Lipinski definition) is 5. The molecule has 0 saturated carbocycles. The van der Waals surface area contributed by atoms with Gasteiger partial charge in [-0.1, -0.05) is 18.2 Å². The normalized spacial score (nSPS) is 12.1. The summed E-state index contributed by atoms with van der Waals surface area (Å²) in [5.41, 5.74) is 1.19. The molecule has 0 aliphatic rings. The zero-order chi connectivity index (χ0) is 21.8. The number of halogens is 6. The van der Waals surface area contributed by atoms with Gasteiger partial charge in [0, 0.05) is 24.2 Å². The Morgan fingerprint density at radius 3 is 2.17 bits per heavy atom. The highest BCUT2D eigenvalue weighted by Gasteiger charge is 2.32. The van der Waals surface area contributed by atoms with Gasteiger partial charge in [0.25, 0.3) is 0 Å². The van der Waals surface area contributed by atoms with Gasteiger partial charge < -0.3 is 19.2 Å². The van der Waals surface area contributed by atoms with E-state index in [2.05, 4.69) is 19.8 Å². The standard InChI is InChI=1S/C19H14F6N2O3/c20-18(21,22)29-15-7-5-12(6-8-15)17-27-14(11-28-17)10-26-9-13-3-1-2-4-16(13)30-19(23,24)25/h1-8,11,26H,9-10H2. The average Bonchev–Trinajstić information content (AvgIpc) is 3.10. The van der Waals surface area contributed by atoms with Gasteiger partial charge in [-0.2, -0.15) is 0 Å². The van der Waals surface area contributed by atoms with E-state index >= 15 is 0 Å². The maximum absolute atomic E-state index is 12.4. The summed E-state index contributed by atoms with van der Waals surface area (Å²) in [6, 6.07) is 10.7. The van der Waals surface area contributed by atoms with E-state index in [0.29, 0.717) is 16.8 Å². The molecule has 0 unspecified atom stereocenters. The molecule has 160 valence electrons. The van der Waals surface area contributed by atoms with Crippen molar-refractivity contribution in [2.75, 3.05) is 0 Å². The number of oxazole rings is 1. The van der Waals surface area contributed by atoms with Crippen LogP contribution in [0.25, 0.3) is 11.5 Å². The van der Waals surface area contributed by atoms with E-state index in [-0.39, 0.29) is 30.5 Å². The number of alkyl halides is 6. The van der Waals surface area contributed by atoms with Crippen LogP contribution in [0.2, 0.25) is 0 Å². The van der Waals surface area contributed by atoms with Gasteiger partial charge in [-0.05, 0) is 30.3 Å². The molecule has 1 N–H and O–H groups in total. The molecule has 0 spiro atoms. The lowest BCUT2D eigenvalue weighted by atomic mass is 10.2. The highest BCUT2D eigenvalue weighted by molar-refractivity contribution is 5.54. The summed E-state index contributed by atoms with van der Waals surface area (Å²) >= 11 is 0. The van der Waals surface area contributed by atoms with Crippen LogP contribution in [0.3, 0.4) is 0 Å². The molecular formula is C19H14F6N2O3. The van der Waals surface area contributed by atoms with Gasteiger partial charge in [0.05, 0.1) is 5.69 Å². The van der Waals surface area contributed by atoms with Gasteiger partial charge >= 0.3 is 12.7 Å². The van der Waals surface area contributed by atoms with Crippen molar-refractivity contribution in [3.8, 4) is 23.0 Å². The van der Waals surface area contributed by atoms with Crippen LogP contribution in [-0.4, -0.2) is 17.7 Å². The number of aromatic nitrogens is 1. The van der Waals surface area contributed by atoms with Crippen LogP contribution in [-0.2, 0) is 13.1 Å². The quantitative estimate of drug-likeness (QED) is 0.505. The third-order valence-electron chi connectivity index (χ3n) is 3.71. The second-order valence-electron chi connectivity index (χ2n) is 5.98. The first-order chi connectivity index (χ1) is 14.1. The third-order valence-corrected chi connectivity index (χ3v) is 3.71. The van der Waals surface area contributed by atoms with Crippen molar-refractivity contribution in [3.63, 3.8) is 0 Å². The molecule has 3 aromatic rings. The molecular weight excluding hydrogens is 418 g/mol. The maximum atomic E-state index is 12.4. The number of nitrogens with one attached hydrogen (secondary N) is 1. The van der Waals surface area contributed by atoms with Crippen molar-refractivity contribution >= 4 is 0 Å². The Labute approximate surface area is 166 Å². The molecule has 0 fully saturated rings.